The highest BCUT2D eigenvalue weighted by Crippen LogP contribution is 2.17. The predicted octanol–water partition coefficient (Wildman–Crippen LogP) is 2.92. The van der Waals surface area contributed by atoms with Crippen molar-refractivity contribution in [1.82, 2.24) is 14.8 Å². The van der Waals surface area contributed by atoms with Gasteiger partial charge in [-0.05, 0) is 59.9 Å². The maximum atomic E-state index is 11.8. The predicted molar refractivity (Wildman–Crippen MR) is 70.7 cm³/mol. The lowest BCUT2D eigenvalue weighted by Gasteiger charge is -2.04. The van der Waals surface area contributed by atoms with Gasteiger partial charge < -0.3 is 0 Å². The number of hydrogen-bond acceptors (Lipinski definition) is 3. The molecule has 7 heteroatoms. The summed E-state index contributed by atoms with van der Waals surface area (Å²) in [6.45, 7) is 0. The maximum absolute atomic E-state index is 11.8. The molecule has 2 rings (SSSR count). The number of hydrogen-bond donors (Lipinski definition) is 0. The number of halogens is 3. The van der Waals surface area contributed by atoms with Crippen molar-refractivity contribution in [3.05, 3.63) is 48.3 Å². The summed E-state index contributed by atoms with van der Waals surface area (Å²) in [6, 6.07) is 3.51. The highest BCUT2D eigenvalue weighted by atomic mass is 79.9. The standard InChI is InChI=1S/C9H4Br3N3O/c10-5-1-2-7(13-3-5)15-9(16)8(12)6(11)4-14-15/h1-4H. The van der Waals surface area contributed by atoms with E-state index in [-0.39, 0.29) is 5.56 Å². The normalized spacial score (nSPS) is 10.4. The van der Waals surface area contributed by atoms with Gasteiger partial charge in [-0.1, -0.05) is 0 Å². The lowest BCUT2D eigenvalue weighted by Crippen LogP contribution is -2.22. The average molecular weight is 410 g/mol. The molecule has 0 saturated heterocycles. The van der Waals surface area contributed by atoms with Gasteiger partial charge in [0, 0.05) is 10.7 Å². The number of aromatic nitrogens is 3. The van der Waals surface area contributed by atoms with Gasteiger partial charge in [-0.3, -0.25) is 4.79 Å². The Morgan fingerprint density at radius 1 is 1.12 bits per heavy atom. The summed E-state index contributed by atoms with van der Waals surface area (Å²) < 4.78 is 3.11. The molecule has 82 valence electrons. The molecule has 0 N–H and O–H groups in total. The van der Waals surface area contributed by atoms with E-state index in [1.54, 1.807) is 18.3 Å². The molecule has 0 saturated carbocycles. The Labute approximate surface area is 116 Å². The Morgan fingerprint density at radius 3 is 2.50 bits per heavy atom. The highest BCUT2D eigenvalue weighted by molar-refractivity contribution is 9.13. The van der Waals surface area contributed by atoms with Gasteiger partial charge in [0.2, 0.25) is 0 Å². The zero-order chi connectivity index (χ0) is 11.7. The molecule has 0 aliphatic carbocycles. The molecule has 16 heavy (non-hydrogen) atoms. The second kappa shape index (κ2) is 4.77. The van der Waals surface area contributed by atoms with Gasteiger partial charge >= 0.3 is 0 Å². The Morgan fingerprint density at radius 2 is 1.88 bits per heavy atom. The molecule has 0 spiro atoms. The van der Waals surface area contributed by atoms with Crippen molar-refractivity contribution in [3.8, 4) is 5.82 Å². The molecule has 4 nitrogen and oxygen atoms in total. The second-order valence-corrected chi connectivity index (χ2v) is 5.42. The van der Waals surface area contributed by atoms with Crippen LogP contribution in [0.4, 0.5) is 0 Å². The molecule has 0 aliphatic heterocycles. The zero-order valence-corrected chi connectivity index (χ0v) is 12.5. The molecule has 0 bridgehead atoms. The fourth-order valence-corrected chi connectivity index (χ4v) is 1.84. The molecule has 2 aromatic heterocycles. The van der Waals surface area contributed by atoms with Crippen molar-refractivity contribution in [2.75, 3.05) is 0 Å². The molecule has 0 aromatic carbocycles. The largest absolute Gasteiger partial charge is 0.288 e. The molecule has 0 radical (unpaired) electrons. The van der Waals surface area contributed by atoms with E-state index in [1.165, 1.54) is 10.9 Å². The fourth-order valence-electron chi connectivity index (χ4n) is 1.07. The summed E-state index contributed by atoms with van der Waals surface area (Å²) in [6.07, 6.45) is 3.15. The lowest BCUT2D eigenvalue weighted by molar-refractivity contribution is 0.771. The molecule has 0 atom stereocenters. The second-order valence-electron chi connectivity index (χ2n) is 2.86. The molecule has 0 unspecified atom stereocenters. The molecular weight excluding hydrogens is 406 g/mol. The lowest BCUT2D eigenvalue weighted by atomic mass is 10.4. The van der Waals surface area contributed by atoms with Crippen LogP contribution in [0.2, 0.25) is 0 Å². The smallest absolute Gasteiger partial charge is 0.266 e. The van der Waals surface area contributed by atoms with Crippen LogP contribution in [0.15, 0.2) is 42.7 Å². The van der Waals surface area contributed by atoms with Crippen LogP contribution in [0.5, 0.6) is 0 Å². The summed E-state index contributed by atoms with van der Waals surface area (Å²) in [5.41, 5.74) is -0.260. The monoisotopic (exact) mass is 407 g/mol. The van der Waals surface area contributed by atoms with E-state index >= 15 is 0 Å². The highest BCUT2D eigenvalue weighted by Gasteiger charge is 2.08. The van der Waals surface area contributed by atoms with Crippen LogP contribution in [0.25, 0.3) is 5.82 Å². The van der Waals surface area contributed by atoms with E-state index in [4.69, 9.17) is 0 Å². The van der Waals surface area contributed by atoms with E-state index < -0.39 is 0 Å². The molecule has 2 aromatic rings. The van der Waals surface area contributed by atoms with Crippen molar-refractivity contribution < 1.29 is 0 Å². The SMILES string of the molecule is O=c1c(Br)c(Br)cnn1-c1ccc(Br)cn1. The van der Waals surface area contributed by atoms with Gasteiger partial charge in [0.15, 0.2) is 5.82 Å². The third kappa shape index (κ3) is 2.26. The first-order valence-corrected chi connectivity index (χ1v) is 6.53. The van der Waals surface area contributed by atoms with Gasteiger partial charge in [0.1, 0.15) is 4.47 Å². The van der Waals surface area contributed by atoms with Gasteiger partial charge in [0.25, 0.3) is 5.56 Å². The topological polar surface area (TPSA) is 47.8 Å². The van der Waals surface area contributed by atoms with Crippen LogP contribution in [0.3, 0.4) is 0 Å². The van der Waals surface area contributed by atoms with Crippen LogP contribution in [-0.4, -0.2) is 14.8 Å². The Bertz CT molecular complexity index is 580. The van der Waals surface area contributed by atoms with Crippen molar-refractivity contribution in [3.63, 3.8) is 0 Å². The number of rotatable bonds is 1. The zero-order valence-electron chi connectivity index (χ0n) is 7.69. The number of nitrogens with zero attached hydrogens (tertiary/aromatic N) is 3. The first-order valence-electron chi connectivity index (χ1n) is 4.15. The quantitative estimate of drug-likeness (QED) is 0.727. The van der Waals surface area contributed by atoms with E-state index in [0.717, 1.165) is 4.47 Å². The third-order valence-electron chi connectivity index (χ3n) is 1.81. The summed E-state index contributed by atoms with van der Waals surface area (Å²) in [5.74, 6) is 0.474. The van der Waals surface area contributed by atoms with E-state index in [2.05, 4.69) is 57.9 Å². The van der Waals surface area contributed by atoms with Gasteiger partial charge in [-0.15, -0.1) is 0 Å². The first kappa shape index (κ1) is 11.9. The van der Waals surface area contributed by atoms with E-state index in [9.17, 15) is 4.79 Å². The van der Waals surface area contributed by atoms with Crippen molar-refractivity contribution in [2.45, 2.75) is 0 Å². The summed E-state index contributed by atoms with van der Waals surface area (Å²) >= 11 is 9.67. The Balaban J connectivity index is 2.61. The Hall–Kier alpha value is -0.530. The molecule has 2 heterocycles. The van der Waals surface area contributed by atoms with Crippen molar-refractivity contribution >= 4 is 47.8 Å². The van der Waals surface area contributed by atoms with Gasteiger partial charge in [-0.25, -0.2) is 4.98 Å². The fraction of sp³-hybridized carbons (Fsp3) is 0. The Kier molecular flexibility index (Phi) is 3.56. The third-order valence-corrected chi connectivity index (χ3v) is 4.17. The molecule has 0 aliphatic rings. The molecule has 0 amide bonds. The van der Waals surface area contributed by atoms with E-state index in [0.29, 0.717) is 14.8 Å². The van der Waals surface area contributed by atoms with Crippen LogP contribution in [0, 0.1) is 0 Å². The molecular formula is C9H4Br3N3O. The average Bonchev–Trinajstić information content (AvgIpc) is 2.28. The maximum Gasteiger partial charge on any atom is 0.288 e. The summed E-state index contributed by atoms with van der Waals surface area (Å²) in [5, 5.41) is 3.99. The first-order chi connectivity index (χ1) is 7.59. The van der Waals surface area contributed by atoms with E-state index in [1.807, 2.05) is 0 Å². The van der Waals surface area contributed by atoms with Gasteiger partial charge in [-0.2, -0.15) is 9.78 Å². The minimum absolute atomic E-state index is 0.260. The van der Waals surface area contributed by atoms with Gasteiger partial charge in [0.05, 0.1) is 10.7 Å². The van der Waals surface area contributed by atoms with Crippen LogP contribution in [-0.2, 0) is 0 Å². The minimum atomic E-state index is -0.260. The van der Waals surface area contributed by atoms with Crippen LogP contribution < -0.4 is 5.56 Å². The summed E-state index contributed by atoms with van der Waals surface area (Å²) in [4.78, 5) is 15.9. The minimum Gasteiger partial charge on any atom is -0.266 e. The summed E-state index contributed by atoms with van der Waals surface area (Å²) in [7, 11) is 0. The van der Waals surface area contributed by atoms with Crippen molar-refractivity contribution in [2.24, 2.45) is 0 Å². The molecule has 0 fully saturated rings. The van der Waals surface area contributed by atoms with Crippen molar-refractivity contribution in [1.29, 1.82) is 0 Å². The van der Waals surface area contributed by atoms with Crippen LogP contribution in [0.1, 0.15) is 0 Å². The van der Waals surface area contributed by atoms with Crippen LogP contribution >= 0.6 is 47.8 Å². The number of pyridine rings is 1.